The fourth-order valence-corrected chi connectivity index (χ4v) is 4.95. The predicted octanol–water partition coefficient (Wildman–Crippen LogP) is -1.11. The average molecular weight is 441 g/mol. The number of aliphatic hydroxyl groups is 2. The van der Waals surface area contributed by atoms with Crippen LogP contribution in [0.2, 0.25) is 0 Å². The third-order valence-electron chi connectivity index (χ3n) is 6.01. The van der Waals surface area contributed by atoms with E-state index < -0.39 is 52.0 Å². The van der Waals surface area contributed by atoms with Crippen LogP contribution in [0.3, 0.4) is 0 Å². The fourth-order valence-electron chi connectivity index (χ4n) is 3.40. The number of carbonyl (C=O) groups excluding carboxylic acids is 1. The predicted molar refractivity (Wildman–Crippen MR) is 108 cm³/mol. The standard InChI is InChI=1S/C18H28BN3O7S/c1-17(2)18(3,4)29-19(28-17)12-8-20-16(21-9-12)30(26,27)13-6-5-7-22(10-13)15(25)14(24)11-23/h8-9,13-14,23-24H,5-7,10-11H2,1-4H3/t13-,14+/m0/s1. The zero-order valence-electron chi connectivity index (χ0n) is 17.6. The van der Waals surface area contributed by atoms with Gasteiger partial charge in [-0.25, -0.2) is 18.4 Å². The van der Waals surface area contributed by atoms with Gasteiger partial charge in [0.15, 0.2) is 6.10 Å². The summed E-state index contributed by atoms with van der Waals surface area (Å²) in [5.74, 6) is -0.686. The third kappa shape index (κ3) is 4.24. The molecule has 2 N–H and O–H groups in total. The van der Waals surface area contributed by atoms with Crippen molar-refractivity contribution in [1.82, 2.24) is 14.9 Å². The van der Waals surface area contributed by atoms with Crippen molar-refractivity contribution in [2.24, 2.45) is 0 Å². The van der Waals surface area contributed by atoms with Crippen LogP contribution in [0.4, 0.5) is 0 Å². The molecular formula is C18H28BN3O7S. The summed E-state index contributed by atoms with van der Waals surface area (Å²) < 4.78 is 37.8. The summed E-state index contributed by atoms with van der Waals surface area (Å²) in [4.78, 5) is 21.4. The number of likely N-dealkylation sites (tertiary alicyclic amines) is 1. The van der Waals surface area contributed by atoms with Crippen LogP contribution in [0, 0.1) is 0 Å². The molecular weight excluding hydrogens is 413 g/mol. The Morgan fingerprint density at radius 3 is 2.37 bits per heavy atom. The van der Waals surface area contributed by atoms with Crippen LogP contribution < -0.4 is 5.46 Å². The van der Waals surface area contributed by atoms with Crippen LogP contribution in [-0.2, 0) is 23.9 Å². The van der Waals surface area contributed by atoms with Gasteiger partial charge in [0, 0.05) is 30.9 Å². The monoisotopic (exact) mass is 441 g/mol. The molecule has 3 rings (SSSR count). The van der Waals surface area contributed by atoms with Crippen LogP contribution in [0.1, 0.15) is 40.5 Å². The summed E-state index contributed by atoms with van der Waals surface area (Å²) in [5.41, 5.74) is -0.571. The third-order valence-corrected chi connectivity index (χ3v) is 8.00. The lowest BCUT2D eigenvalue weighted by Gasteiger charge is -2.33. The second-order valence-electron chi connectivity index (χ2n) is 8.68. The smallest absolute Gasteiger partial charge is 0.399 e. The summed E-state index contributed by atoms with van der Waals surface area (Å²) in [6, 6.07) is 0. The molecule has 2 fully saturated rings. The number of sulfone groups is 1. The zero-order chi connectivity index (χ0) is 22.3. The number of carbonyl (C=O) groups is 1. The lowest BCUT2D eigenvalue weighted by atomic mass is 9.81. The molecule has 0 bridgehead atoms. The first-order valence-electron chi connectivity index (χ1n) is 9.88. The Morgan fingerprint density at radius 1 is 1.27 bits per heavy atom. The maximum atomic E-state index is 13.0. The van der Waals surface area contributed by atoms with Gasteiger partial charge in [-0.3, -0.25) is 4.79 Å². The Bertz CT molecular complexity index is 876. The van der Waals surface area contributed by atoms with E-state index in [4.69, 9.17) is 14.4 Å². The van der Waals surface area contributed by atoms with E-state index in [9.17, 15) is 18.3 Å². The largest absolute Gasteiger partial charge is 0.498 e. The molecule has 12 heteroatoms. The van der Waals surface area contributed by atoms with E-state index in [0.29, 0.717) is 24.8 Å². The van der Waals surface area contributed by atoms with Crippen LogP contribution >= 0.6 is 0 Å². The van der Waals surface area contributed by atoms with Crippen LogP contribution in [0.5, 0.6) is 0 Å². The number of amides is 1. The topological polar surface area (TPSA) is 139 Å². The van der Waals surface area contributed by atoms with E-state index in [-0.39, 0.29) is 11.7 Å². The highest BCUT2D eigenvalue weighted by Gasteiger charge is 2.52. The molecule has 0 aliphatic carbocycles. The number of aliphatic hydroxyl groups excluding tert-OH is 2. The molecule has 0 radical (unpaired) electrons. The van der Waals surface area contributed by atoms with Gasteiger partial charge >= 0.3 is 7.12 Å². The molecule has 3 heterocycles. The molecule has 0 spiro atoms. The van der Waals surface area contributed by atoms with Crippen molar-refractivity contribution in [2.75, 3.05) is 19.7 Å². The summed E-state index contributed by atoms with van der Waals surface area (Å²) >= 11 is 0. The molecule has 2 saturated heterocycles. The molecule has 0 aromatic carbocycles. The molecule has 0 saturated carbocycles. The molecule has 1 amide bonds. The summed E-state index contributed by atoms with van der Waals surface area (Å²) in [5, 5.41) is 17.3. The summed E-state index contributed by atoms with van der Waals surface area (Å²) in [6.45, 7) is 7.18. The highest BCUT2D eigenvalue weighted by Crippen LogP contribution is 2.36. The van der Waals surface area contributed by atoms with E-state index >= 15 is 0 Å². The normalized spacial score (nSPS) is 24.7. The van der Waals surface area contributed by atoms with Crippen molar-refractivity contribution in [3.05, 3.63) is 12.4 Å². The Balaban J connectivity index is 1.75. The molecule has 2 aliphatic heterocycles. The summed E-state index contributed by atoms with van der Waals surface area (Å²) in [6.07, 6.45) is 2.01. The van der Waals surface area contributed by atoms with E-state index in [1.54, 1.807) is 0 Å². The van der Waals surface area contributed by atoms with Gasteiger partial charge in [-0.05, 0) is 40.5 Å². The number of hydrogen-bond acceptors (Lipinski definition) is 9. The number of aromatic nitrogens is 2. The van der Waals surface area contributed by atoms with Gasteiger partial charge < -0.3 is 24.4 Å². The Hall–Kier alpha value is -1.60. The molecule has 2 atom stereocenters. The highest BCUT2D eigenvalue weighted by atomic mass is 32.2. The van der Waals surface area contributed by atoms with Gasteiger partial charge in [0.25, 0.3) is 5.91 Å². The second-order valence-corrected chi connectivity index (χ2v) is 10.8. The van der Waals surface area contributed by atoms with Gasteiger partial charge in [-0.2, -0.15) is 0 Å². The number of rotatable bonds is 5. The van der Waals surface area contributed by atoms with Crippen LogP contribution in [-0.4, -0.2) is 88.8 Å². The number of nitrogens with zero attached hydrogens (tertiary/aromatic N) is 3. The first-order valence-corrected chi connectivity index (χ1v) is 11.4. The molecule has 30 heavy (non-hydrogen) atoms. The van der Waals surface area contributed by atoms with Crippen LogP contribution in [0.25, 0.3) is 0 Å². The molecule has 166 valence electrons. The van der Waals surface area contributed by atoms with E-state index in [0.717, 1.165) is 0 Å². The minimum Gasteiger partial charge on any atom is -0.399 e. The van der Waals surface area contributed by atoms with Gasteiger partial charge in [0.2, 0.25) is 15.0 Å². The second kappa shape index (κ2) is 8.15. The maximum Gasteiger partial charge on any atom is 0.498 e. The number of piperidine rings is 1. The maximum absolute atomic E-state index is 13.0. The highest BCUT2D eigenvalue weighted by molar-refractivity contribution is 7.91. The SMILES string of the molecule is CC1(C)OB(c2cnc(S(=O)(=O)[C@H]3CCCN(C(=O)[C@H](O)CO)C3)nc2)OC1(C)C. The number of hydrogen-bond donors (Lipinski definition) is 2. The fraction of sp³-hybridized carbons (Fsp3) is 0.722. The molecule has 0 unspecified atom stereocenters. The average Bonchev–Trinajstić information content (AvgIpc) is 2.94. The van der Waals surface area contributed by atoms with E-state index in [1.165, 1.54) is 17.3 Å². The van der Waals surface area contributed by atoms with Crippen molar-refractivity contribution < 1.29 is 32.7 Å². The first kappa shape index (κ1) is 23.1. The van der Waals surface area contributed by atoms with E-state index in [2.05, 4.69) is 9.97 Å². The van der Waals surface area contributed by atoms with Gasteiger partial charge in [-0.15, -0.1) is 0 Å². The zero-order valence-corrected chi connectivity index (χ0v) is 18.4. The van der Waals surface area contributed by atoms with Crippen molar-refractivity contribution in [3.63, 3.8) is 0 Å². The minimum atomic E-state index is -3.89. The quantitative estimate of drug-likeness (QED) is 0.430. The first-order chi connectivity index (χ1) is 13.9. The molecule has 1 aromatic heterocycles. The lowest BCUT2D eigenvalue weighted by molar-refractivity contribution is -0.142. The van der Waals surface area contributed by atoms with E-state index in [1.807, 2.05) is 27.7 Å². The Kier molecular flexibility index (Phi) is 6.27. The van der Waals surface area contributed by atoms with Crippen molar-refractivity contribution in [2.45, 2.75) is 68.2 Å². The minimum absolute atomic E-state index is 0.0828. The van der Waals surface area contributed by atoms with Crippen molar-refractivity contribution in [1.29, 1.82) is 0 Å². The van der Waals surface area contributed by atoms with Gasteiger partial charge in [0.1, 0.15) is 0 Å². The summed E-state index contributed by atoms with van der Waals surface area (Å²) in [7, 11) is -4.59. The lowest BCUT2D eigenvalue weighted by Crippen LogP contribution is -2.49. The van der Waals surface area contributed by atoms with Crippen molar-refractivity contribution >= 4 is 28.3 Å². The van der Waals surface area contributed by atoms with Gasteiger partial charge in [0.05, 0.1) is 23.1 Å². The van der Waals surface area contributed by atoms with Crippen LogP contribution in [0.15, 0.2) is 17.6 Å². The Morgan fingerprint density at radius 2 is 1.83 bits per heavy atom. The van der Waals surface area contributed by atoms with Gasteiger partial charge in [-0.1, -0.05) is 0 Å². The molecule has 1 aromatic rings. The Labute approximate surface area is 176 Å². The van der Waals surface area contributed by atoms with Crippen molar-refractivity contribution in [3.8, 4) is 0 Å². The molecule has 2 aliphatic rings. The molecule has 10 nitrogen and oxygen atoms in total.